The molecule has 1 aromatic carbocycles. The van der Waals surface area contributed by atoms with Crippen LogP contribution in [0.3, 0.4) is 0 Å². The summed E-state index contributed by atoms with van der Waals surface area (Å²) in [6, 6.07) is 7.42. The van der Waals surface area contributed by atoms with E-state index in [4.69, 9.17) is 4.42 Å². The first-order valence-corrected chi connectivity index (χ1v) is 6.91. The fraction of sp³-hybridized carbons (Fsp3) is 0.0714. The summed E-state index contributed by atoms with van der Waals surface area (Å²) < 4.78 is 19.2. The van der Waals surface area contributed by atoms with E-state index in [-0.39, 0.29) is 5.69 Å². The van der Waals surface area contributed by atoms with E-state index in [2.05, 4.69) is 26.3 Å². The monoisotopic (exact) mass is 367 g/mol. The Hall–Kier alpha value is -2.48. The van der Waals surface area contributed by atoms with Gasteiger partial charge in [-0.3, -0.25) is 9.59 Å². The summed E-state index contributed by atoms with van der Waals surface area (Å²) in [6.45, 7) is 1.76. The van der Waals surface area contributed by atoms with Crippen LogP contribution in [0.2, 0.25) is 0 Å². The Labute approximate surface area is 133 Å². The van der Waals surface area contributed by atoms with Gasteiger partial charge in [0, 0.05) is 4.47 Å². The van der Waals surface area contributed by atoms with Crippen LogP contribution in [-0.4, -0.2) is 18.0 Å². The van der Waals surface area contributed by atoms with Crippen molar-refractivity contribution in [3.8, 4) is 0 Å². The molecule has 0 aliphatic heterocycles. The minimum absolute atomic E-state index is 0.103. The van der Waals surface area contributed by atoms with Crippen LogP contribution in [0.25, 0.3) is 0 Å². The van der Waals surface area contributed by atoms with Gasteiger partial charge in [0.05, 0.1) is 11.9 Å². The minimum atomic E-state index is -1.03. The summed E-state index contributed by atoms with van der Waals surface area (Å²) in [6.07, 6.45) is 1.25. The maximum atomic E-state index is 13.5. The van der Waals surface area contributed by atoms with Gasteiger partial charge in [0.1, 0.15) is 17.3 Å². The topological polar surface area (TPSA) is 83.7 Å². The van der Waals surface area contributed by atoms with E-state index in [0.717, 1.165) is 0 Å². The highest BCUT2D eigenvalue weighted by atomic mass is 79.9. The van der Waals surface area contributed by atoms with Crippen molar-refractivity contribution in [2.75, 3.05) is 5.32 Å². The summed E-state index contributed by atoms with van der Waals surface area (Å²) in [5, 5.41) is 5.72. The van der Waals surface area contributed by atoms with Crippen molar-refractivity contribution in [2.45, 2.75) is 6.92 Å². The lowest BCUT2D eigenvalue weighted by molar-refractivity contribution is -0.136. The van der Waals surface area contributed by atoms with Crippen LogP contribution in [0.5, 0.6) is 0 Å². The molecule has 0 saturated carbocycles. The zero-order valence-corrected chi connectivity index (χ0v) is 13.0. The van der Waals surface area contributed by atoms with E-state index >= 15 is 0 Å². The number of nitrogens with zero attached hydrogens (tertiary/aromatic N) is 1. The largest absolute Gasteiger partial charge is 0.460 e. The van der Waals surface area contributed by atoms with Crippen molar-refractivity contribution in [1.82, 2.24) is 5.43 Å². The molecule has 2 amide bonds. The van der Waals surface area contributed by atoms with Crippen LogP contribution in [0.1, 0.15) is 11.5 Å². The summed E-state index contributed by atoms with van der Waals surface area (Å²) in [7, 11) is 0. The first kappa shape index (κ1) is 15.9. The number of carbonyl (C=O) groups is 2. The second-order valence-corrected chi connectivity index (χ2v) is 5.14. The van der Waals surface area contributed by atoms with Gasteiger partial charge in [-0.2, -0.15) is 5.10 Å². The first-order valence-electron chi connectivity index (χ1n) is 6.11. The average Bonchev–Trinajstić information content (AvgIpc) is 2.87. The Morgan fingerprint density at radius 3 is 2.68 bits per heavy atom. The molecule has 0 fully saturated rings. The molecule has 0 radical (unpaired) electrons. The molecule has 22 heavy (non-hydrogen) atoms. The summed E-state index contributed by atoms with van der Waals surface area (Å²) in [4.78, 5) is 23.1. The SMILES string of the molecule is Cc1ccc(/C=N\NC(=O)C(=O)Nc2ccc(Br)cc2F)o1. The molecule has 0 spiro atoms. The second-order valence-electron chi connectivity index (χ2n) is 4.23. The highest BCUT2D eigenvalue weighted by Gasteiger charge is 2.15. The van der Waals surface area contributed by atoms with Gasteiger partial charge in [-0.05, 0) is 37.3 Å². The lowest BCUT2D eigenvalue weighted by atomic mass is 10.3. The molecular weight excluding hydrogens is 357 g/mol. The first-order chi connectivity index (χ1) is 10.5. The molecule has 114 valence electrons. The predicted octanol–water partition coefficient (Wildman–Crippen LogP) is 2.58. The maximum Gasteiger partial charge on any atom is 0.329 e. The number of amides is 2. The number of halogens is 2. The third-order valence-corrected chi connectivity index (χ3v) is 3.00. The number of carbonyl (C=O) groups excluding carboxylic acids is 2. The molecule has 0 saturated heterocycles. The zero-order valence-electron chi connectivity index (χ0n) is 11.4. The standard InChI is InChI=1S/C14H11BrFN3O3/c1-8-2-4-10(22-8)7-17-19-14(21)13(20)18-12-5-3-9(15)6-11(12)16/h2-7H,1H3,(H,18,20)(H,19,21)/b17-7-. The summed E-state index contributed by atoms with van der Waals surface area (Å²) >= 11 is 3.09. The normalized spacial score (nSPS) is 10.7. The number of furan rings is 1. The van der Waals surface area contributed by atoms with Crippen LogP contribution in [0, 0.1) is 12.7 Å². The molecule has 1 heterocycles. The molecule has 2 aromatic rings. The Morgan fingerprint density at radius 2 is 2.05 bits per heavy atom. The van der Waals surface area contributed by atoms with E-state index in [0.29, 0.717) is 16.0 Å². The lowest BCUT2D eigenvalue weighted by Crippen LogP contribution is -2.32. The van der Waals surface area contributed by atoms with Gasteiger partial charge in [-0.15, -0.1) is 0 Å². The molecule has 1 aromatic heterocycles. The number of nitrogens with one attached hydrogen (secondary N) is 2. The van der Waals surface area contributed by atoms with Crippen LogP contribution >= 0.6 is 15.9 Å². The van der Waals surface area contributed by atoms with E-state index < -0.39 is 17.6 Å². The second kappa shape index (κ2) is 6.99. The molecule has 0 aliphatic rings. The third kappa shape index (κ3) is 4.26. The number of hydrogen-bond donors (Lipinski definition) is 2. The number of rotatable bonds is 3. The van der Waals surface area contributed by atoms with Crippen molar-refractivity contribution < 1.29 is 18.4 Å². The van der Waals surface area contributed by atoms with Gasteiger partial charge in [0.15, 0.2) is 0 Å². The molecule has 2 rings (SSSR count). The van der Waals surface area contributed by atoms with Crippen LogP contribution in [0.15, 0.2) is 44.3 Å². The molecule has 0 unspecified atom stereocenters. The van der Waals surface area contributed by atoms with E-state index in [1.807, 2.05) is 5.43 Å². The average molecular weight is 368 g/mol. The Kier molecular flexibility index (Phi) is 5.05. The molecule has 2 N–H and O–H groups in total. The number of benzene rings is 1. The highest BCUT2D eigenvalue weighted by molar-refractivity contribution is 9.10. The quantitative estimate of drug-likeness (QED) is 0.496. The van der Waals surface area contributed by atoms with Gasteiger partial charge >= 0.3 is 11.8 Å². The highest BCUT2D eigenvalue weighted by Crippen LogP contribution is 2.19. The van der Waals surface area contributed by atoms with Gasteiger partial charge in [0.25, 0.3) is 0 Å². The van der Waals surface area contributed by atoms with Crippen molar-refractivity contribution in [3.63, 3.8) is 0 Å². The number of anilines is 1. The van der Waals surface area contributed by atoms with E-state index in [9.17, 15) is 14.0 Å². The van der Waals surface area contributed by atoms with Crippen molar-refractivity contribution in [1.29, 1.82) is 0 Å². The Balaban J connectivity index is 1.92. The van der Waals surface area contributed by atoms with Gasteiger partial charge in [0.2, 0.25) is 0 Å². The van der Waals surface area contributed by atoms with Crippen LogP contribution in [0.4, 0.5) is 10.1 Å². The maximum absolute atomic E-state index is 13.5. The number of aryl methyl sites for hydroxylation is 1. The van der Waals surface area contributed by atoms with E-state index in [1.165, 1.54) is 24.4 Å². The zero-order chi connectivity index (χ0) is 16.1. The van der Waals surface area contributed by atoms with Gasteiger partial charge in [-0.25, -0.2) is 9.82 Å². The van der Waals surface area contributed by atoms with Crippen molar-refractivity contribution >= 4 is 39.6 Å². The van der Waals surface area contributed by atoms with Gasteiger partial charge in [-0.1, -0.05) is 15.9 Å². The van der Waals surface area contributed by atoms with Crippen molar-refractivity contribution in [3.05, 3.63) is 52.1 Å². The lowest BCUT2D eigenvalue weighted by Gasteiger charge is -2.05. The molecule has 0 aliphatic carbocycles. The summed E-state index contributed by atoms with van der Waals surface area (Å²) in [5.41, 5.74) is 1.92. The molecule has 8 heteroatoms. The smallest absolute Gasteiger partial charge is 0.329 e. The van der Waals surface area contributed by atoms with Crippen molar-refractivity contribution in [2.24, 2.45) is 5.10 Å². The van der Waals surface area contributed by atoms with Crippen LogP contribution < -0.4 is 10.7 Å². The Morgan fingerprint density at radius 1 is 1.27 bits per heavy atom. The molecular formula is C14H11BrFN3O3. The fourth-order valence-electron chi connectivity index (χ4n) is 1.50. The summed E-state index contributed by atoms with van der Waals surface area (Å²) in [5.74, 6) is -1.60. The fourth-order valence-corrected chi connectivity index (χ4v) is 1.83. The molecule has 6 nitrogen and oxygen atoms in total. The molecule has 0 atom stereocenters. The van der Waals surface area contributed by atoms with E-state index in [1.54, 1.807) is 19.1 Å². The minimum Gasteiger partial charge on any atom is -0.460 e. The third-order valence-electron chi connectivity index (χ3n) is 2.50. The van der Waals surface area contributed by atoms with Crippen LogP contribution in [-0.2, 0) is 9.59 Å². The number of hydrazone groups is 1. The van der Waals surface area contributed by atoms with Gasteiger partial charge < -0.3 is 9.73 Å². The molecule has 0 bridgehead atoms. The Bertz CT molecular complexity index is 743. The predicted molar refractivity (Wildman–Crippen MR) is 81.9 cm³/mol. The number of hydrogen-bond acceptors (Lipinski definition) is 4.